The molecule has 0 aliphatic carbocycles. The van der Waals surface area contributed by atoms with Gasteiger partial charge in [-0.05, 0) is 19.8 Å². The Morgan fingerprint density at radius 2 is 2.00 bits per heavy atom. The first kappa shape index (κ1) is 9.10. The Morgan fingerprint density at radius 3 is 2.33 bits per heavy atom. The van der Waals surface area contributed by atoms with E-state index in [4.69, 9.17) is 0 Å². The van der Waals surface area contributed by atoms with Crippen molar-refractivity contribution in [1.29, 1.82) is 0 Å². The smallest absolute Gasteiger partial charge is 0.145 e. The van der Waals surface area contributed by atoms with Crippen LogP contribution in [0.25, 0.3) is 0 Å². The summed E-state index contributed by atoms with van der Waals surface area (Å²) in [6.07, 6.45) is 0.825. The first-order chi connectivity index (χ1) is 5.52. The molecule has 0 fully saturated rings. The number of aromatic nitrogens is 2. The van der Waals surface area contributed by atoms with Gasteiger partial charge in [-0.3, -0.25) is 0 Å². The van der Waals surface area contributed by atoms with Crippen molar-refractivity contribution in [3.8, 4) is 0 Å². The minimum absolute atomic E-state index is 0.525. The zero-order valence-corrected chi connectivity index (χ0v) is 8.13. The highest BCUT2D eigenvalue weighted by atomic mass is 16.5. The molecule has 0 spiro atoms. The van der Waals surface area contributed by atoms with Gasteiger partial charge in [0.25, 0.3) is 0 Å². The lowest BCUT2D eigenvalue weighted by Crippen LogP contribution is -2.04. The summed E-state index contributed by atoms with van der Waals surface area (Å²) in [7, 11) is 0. The van der Waals surface area contributed by atoms with E-state index < -0.39 is 0 Å². The van der Waals surface area contributed by atoms with Crippen molar-refractivity contribution < 1.29 is 5.21 Å². The molecule has 12 heavy (non-hydrogen) atoms. The van der Waals surface area contributed by atoms with Crippen molar-refractivity contribution >= 4 is 0 Å². The van der Waals surface area contributed by atoms with E-state index >= 15 is 0 Å². The average molecular weight is 168 g/mol. The van der Waals surface area contributed by atoms with Gasteiger partial charge >= 0.3 is 0 Å². The lowest BCUT2D eigenvalue weighted by molar-refractivity contribution is 0.167. The molecule has 68 valence electrons. The van der Waals surface area contributed by atoms with E-state index in [1.54, 1.807) is 0 Å². The van der Waals surface area contributed by atoms with Crippen LogP contribution in [-0.4, -0.2) is 14.9 Å². The number of imidazole rings is 1. The number of hydrogen-bond acceptors (Lipinski definition) is 2. The van der Waals surface area contributed by atoms with E-state index in [0.717, 1.165) is 23.6 Å². The van der Waals surface area contributed by atoms with Crippen LogP contribution in [0.4, 0.5) is 0 Å². The molecule has 1 N–H and O–H groups in total. The highest BCUT2D eigenvalue weighted by Crippen LogP contribution is 2.11. The number of nitrogens with zero attached hydrogens (tertiary/aromatic N) is 2. The van der Waals surface area contributed by atoms with E-state index in [9.17, 15) is 5.21 Å². The van der Waals surface area contributed by atoms with E-state index in [0.29, 0.717) is 5.92 Å². The van der Waals surface area contributed by atoms with E-state index in [2.05, 4.69) is 18.8 Å². The summed E-state index contributed by atoms with van der Waals surface area (Å²) < 4.78 is 1.19. The van der Waals surface area contributed by atoms with E-state index in [-0.39, 0.29) is 0 Å². The Labute approximate surface area is 73.0 Å². The van der Waals surface area contributed by atoms with Crippen LogP contribution in [0.15, 0.2) is 0 Å². The predicted octanol–water partition coefficient (Wildman–Crippen LogP) is 1.94. The molecule has 3 nitrogen and oxygen atoms in total. The number of aryl methyl sites for hydroxylation is 1. The maximum atomic E-state index is 9.52. The molecule has 0 amide bonds. The second kappa shape index (κ2) is 3.17. The Kier molecular flexibility index (Phi) is 2.40. The maximum absolute atomic E-state index is 9.52. The Balaban J connectivity index is 2.93. The van der Waals surface area contributed by atoms with Gasteiger partial charge in [-0.2, -0.15) is 4.73 Å². The van der Waals surface area contributed by atoms with Crippen LogP contribution >= 0.6 is 0 Å². The summed E-state index contributed by atoms with van der Waals surface area (Å²) in [5.41, 5.74) is 1.75. The highest BCUT2D eigenvalue weighted by molar-refractivity contribution is 5.12. The third-order valence-corrected chi connectivity index (χ3v) is 1.97. The molecule has 0 atom stereocenters. The van der Waals surface area contributed by atoms with Crippen LogP contribution in [-0.2, 0) is 6.42 Å². The van der Waals surface area contributed by atoms with Gasteiger partial charge in [0.1, 0.15) is 5.82 Å². The molecule has 0 aliphatic heterocycles. The van der Waals surface area contributed by atoms with Crippen molar-refractivity contribution in [1.82, 2.24) is 9.71 Å². The summed E-state index contributed by atoms with van der Waals surface area (Å²) in [5.74, 6) is 1.29. The van der Waals surface area contributed by atoms with Gasteiger partial charge in [0.05, 0.1) is 11.4 Å². The number of hydrogen-bond donors (Lipinski definition) is 1. The van der Waals surface area contributed by atoms with Gasteiger partial charge < -0.3 is 5.21 Å². The maximum Gasteiger partial charge on any atom is 0.145 e. The normalized spacial score (nSPS) is 11.1. The third kappa shape index (κ3) is 1.60. The quantitative estimate of drug-likeness (QED) is 0.685. The molecule has 0 saturated carbocycles. The zero-order chi connectivity index (χ0) is 9.30. The van der Waals surface area contributed by atoms with Gasteiger partial charge in [-0.1, -0.05) is 13.8 Å². The van der Waals surface area contributed by atoms with Crippen molar-refractivity contribution in [3.63, 3.8) is 0 Å². The molecule has 1 heterocycles. The van der Waals surface area contributed by atoms with E-state index in [1.165, 1.54) is 4.73 Å². The summed E-state index contributed by atoms with van der Waals surface area (Å²) in [5, 5.41) is 9.52. The van der Waals surface area contributed by atoms with Gasteiger partial charge in [0.2, 0.25) is 0 Å². The lowest BCUT2D eigenvalue weighted by atomic mass is 10.1. The molecular weight excluding hydrogens is 152 g/mol. The highest BCUT2D eigenvalue weighted by Gasteiger charge is 2.10. The summed E-state index contributed by atoms with van der Waals surface area (Å²) >= 11 is 0. The fourth-order valence-electron chi connectivity index (χ4n) is 1.17. The fraction of sp³-hybridized carbons (Fsp3) is 0.667. The standard InChI is InChI=1S/C9H16N2O/c1-6(2)5-9-10-7(3)8(4)11(9)12/h6,12H,5H2,1-4H3. The zero-order valence-electron chi connectivity index (χ0n) is 8.13. The Bertz CT molecular complexity index is 276. The largest absolute Gasteiger partial charge is 0.427 e. The number of rotatable bonds is 2. The summed E-state index contributed by atoms with van der Waals surface area (Å²) in [6.45, 7) is 8.00. The van der Waals surface area contributed by atoms with E-state index in [1.807, 2.05) is 13.8 Å². The second-order valence-corrected chi connectivity index (χ2v) is 3.61. The Hall–Kier alpha value is -0.990. The molecule has 0 aromatic carbocycles. The lowest BCUT2D eigenvalue weighted by Gasteiger charge is -2.03. The molecule has 3 heteroatoms. The van der Waals surface area contributed by atoms with Crippen LogP contribution in [0.2, 0.25) is 0 Å². The van der Waals surface area contributed by atoms with Gasteiger partial charge in [0.15, 0.2) is 0 Å². The van der Waals surface area contributed by atoms with Crippen molar-refractivity contribution in [2.45, 2.75) is 34.1 Å². The first-order valence-corrected chi connectivity index (χ1v) is 4.26. The van der Waals surface area contributed by atoms with Crippen LogP contribution in [0.1, 0.15) is 31.1 Å². The van der Waals surface area contributed by atoms with Crippen molar-refractivity contribution in [2.24, 2.45) is 5.92 Å². The van der Waals surface area contributed by atoms with Crippen LogP contribution in [0.5, 0.6) is 0 Å². The molecule has 0 radical (unpaired) electrons. The van der Waals surface area contributed by atoms with Crippen LogP contribution in [0, 0.1) is 19.8 Å². The molecule has 1 aromatic heterocycles. The minimum atomic E-state index is 0.525. The molecule has 1 aromatic rings. The van der Waals surface area contributed by atoms with Crippen molar-refractivity contribution in [3.05, 3.63) is 17.2 Å². The molecule has 0 bridgehead atoms. The Morgan fingerprint density at radius 1 is 1.42 bits per heavy atom. The fourth-order valence-corrected chi connectivity index (χ4v) is 1.17. The molecule has 0 unspecified atom stereocenters. The van der Waals surface area contributed by atoms with Crippen LogP contribution < -0.4 is 0 Å². The minimum Gasteiger partial charge on any atom is -0.427 e. The monoisotopic (exact) mass is 168 g/mol. The van der Waals surface area contributed by atoms with Gasteiger partial charge in [0, 0.05) is 6.42 Å². The van der Waals surface area contributed by atoms with Crippen LogP contribution in [0.3, 0.4) is 0 Å². The summed E-state index contributed by atoms with van der Waals surface area (Å²) in [4.78, 5) is 4.26. The molecule has 0 saturated heterocycles. The predicted molar refractivity (Wildman–Crippen MR) is 47.4 cm³/mol. The van der Waals surface area contributed by atoms with Gasteiger partial charge in [-0.25, -0.2) is 4.98 Å². The first-order valence-electron chi connectivity index (χ1n) is 4.26. The van der Waals surface area contributed by atoms with Gasteiger partial charge in [-0.15, -0.1) is 0 Å². The average Bonchev–Trinajstić information content (AvgIpc) is 2.17. The second-order valence-electron chi connectivity index (χ2n) is 3.61. The SMILES string of the molecule is Cc1nc(CC(C)C)n(O)c1C. The summed E-state index contributed by atoms with van der Waals surface area (Å²) in [6, 6.07) is 0. The topological polar surface area (TPSA) is 38.0 Å². The van der Waals surface area contributed by atoms with Crippen molar-refractivity contribution in [2.75, 3.05) is 0 Å². The third-order valence-electron chi connectivity index (χ3n) is 1.97. The molecule has 1 rings (SSSR count). The molecule has 0 aliphatic rings. The molecular formula is C9H16N2O.